The van der Waals surface area contributed by atoms with Gasteiger partial charge in [0.25, 0.3) is 0 Å². The van der Waals surface area contributed by atoms with E-state index in [1.54, 1.807) is 12.4 Å². The predicted octanol–water partition coefficient (Wildman–Crippen LogP) is 4.00. The van der Waals surface area contributed by atoms with Crippen molar-refractivity contribution in [2.45, 2.75) is 39.0 Å². The van der Waals surface area contributed by atoms with E-state index in [2.05, 4.69) is 17.1 Å². The van der Waals surface area contributed by atoms with Gasteiger partial charge in [0.2, 0.25) is 0 Å². The van der Waals surface area contributed by atoms with E-state index in [1.165, 1.54) is 0 Å². The molecule has 2 aliphatic rings. The van der Waals surface area contributed by atoms with Gasteiger partial charge in [-0.25, -0.2) is 0 Å². The lowest BCUT2D eigenvalue weighted by atomic mass is 9.74. The summed E-state index contributed by atoms with van der Waals surface area (Å²) in [6.45, 7) is 4.03. The highest BCUT2D eigenvalue weighted by Crippen LogP contribution is 2.46. The summed E-state index contributed by atoms with van der Waals surface area (Å²) in [5, 5.41) is 10.0. The van der Waals surface area contributed by atoms with Crippen molar-refractivity contribution in [3.8, 4) is 6.07 Å². The first kappa shape index (κ1) is 18.0. The Kier molecular flexibility index (Phi) is 4.48. The van der Waals surface area contributed by atoms with Crippen LogP contribution in [0.2, 0.25) is 0 Å². The van der Waals surface area contributed by atoms with E-state index in [-0.39, 0.29) is 5.78 Å². The number of carbonyl (C=O) groups is 1. The molecule has 0 spiro atoms. The maximum atomic E-state index is 13.1. The molecule has 0 radical (unpaired) electrons. The van der Waals surface area contributed by atoms with Crippen molar-refractivity contribution >= 4 is 11.5 Å². The Balaban J connectivity index is 2.01. The first-order valence-electron chi connectivity index (χ1n) is 9.46. The SMILES string of the molecule is Cc1ccc(C)c([C@@H]2C(C#N)=C(N)N(c3cccnc3)C3=C2C(=O)CCC3)c1. The second-order valence-corrected chi connectivity index (χ2v) is 7.39. The van der Waals surface area contributed by atoms with Crippen LogP contribution in [0, 0.1) is 25.2 Å². The number of aromatic nitrogens is 1. The third kappa shape index (κ3) is 2.78. The molecule has 1 aliphatic carbocycles. The molecule has 5 heteroatoms. The lowest BCUT2D eigenvalue weighted by Gasteiger charge is -2.39. The molecule has 28 heavy (non-hydrogen) atoms. The summed E-state index contributed by atoms with van der Waals surface area (Å²) in [6.07, 6.45) is 5.43. The third-order valence-electron chi connectivity index (χ3n) is 5.56. The number of Topliss-reactive ketones (excluding diaryl/α,β-unsaturated/α-hetero) is 1. The molecule has 0 amide bonds. The Morgan fingerprint density at radius 1 is 1.25 bits per heavy atom. The van der Waals surface area contributed by atoms with Gasteiger partial charge < -0.3 is 5.73 Å². The molecule has 0 saturated carbocycles. The number of hydrogen-bond acceptors (Lipinski definition) is 5. The zero-order valence-corrected chi connectivity index (χ0v) is 16.1. The molecule has 0 fully saturated rings. The van der Waals surface area contributed by atoms with E-state index in [0.29, 0.717) is 23.4 Å². The van der Waals surface area contributed by atoms with Crippen molar-refractivity contribution in [1.29, 1.82) is 5.26 Å². The number of nitriles is 1. The number of nitrogens with zero attached hydrogens (tertiary/aromatic N) is 3. The fourth-order valence-corrected chi connectivity index (χ4v) is 4.25. The zero-order valence-electron chi connectivity index (χ0n) is 16.1. The highest BCUT2D eigenvalue weighted by atomic mass is 16.1. The fourth-order valence-electron chi connectivity index (χ4n) is 4.25. The minimum atomic E-state index is -0.416. The van der Waals surface area contributed by atoms with E-state index in [4.69, 9.17) is 5.73 Å². The van der Waals surface area contributed by atoms with Gasteiger partial charge in [0.1, 0.15) is 5.82 Å². The van der Waals surface area contributed by atoms with Crippen molar-refractivity contribution < 1.29 is 4.79 Å². The average molecular weight is 370 g/mol. The lowest BCUT2D eigenvalue weighted by Crippen LogP contribution is -2.38. The van der Waals surface area contributed by atoms with Crippen LogP contribution in [0.15, 0.2) is 65.4 Å². The normalized spacial score (nSPS) is 19.5. The Hall–Kier alpha value is -3.39. The second-order valence-electron chi connectivity index (χ2n) is 7.39. The van der Waals surface area contributed by atoms with Crippen LogP contribution in [0.4, 0.5) is 5.69 Å². The third-order valence-corrected chi connectivity index (χ3v) is 5.56. The van der Waals surface area contributed by atoms with E-state index in [9.17, 15) is 10.1 Å². The van der Waals surface area contributed by atoms with Crippen molar-refractivity contribution in [3.05, 3.63) is 82.1 Å². The Bertz CT molecular complexity index is 1060. The molecule has 0 saturated heterocycles. The summed E-state index contributed by atoms with van der Waals surface area (Å²) in [7, 11) is 0. The van der Waals surface area contributed by atoms with Crippen LogP contribution in [0.5, 0.6) is 0 Å². The number of ketones is 1. The summed E-state index contributed by atoms with van der Waals surface area (Å²) in [5.74, 6) is 0.0665. The monoisotopic (exact) mass is 370 g/mol. The lowest BCUT2D eigenvalue weighted by molar-refractivity contribution is -0.116. The smallest absolute Gasteiger partial charge is 0.161 e. The van der Waals surface area contributed by atoms with Gasteiger partial charge in [-0.3, -0.25) is 14.7 Å². The number of benzene rings is 1. The van der Waals surface area contributed by atoms with Gasteiger partial charge in [0, 0.05) is 23.9 Å². The van der Waals surface area contributed by atoms with Gasteiger partial charge in [-0.2, -0.15) is 5.26 Å². The molecule has 1 aromatic heterocycles. The first-order chi connectivity index (χ1) is 13.5. The van der Waals surface area contributed by atoms with Gasteiger partial charge in [-0.1, -0.05) is 23.8 Å². The predicted molar refractivity (Wildman–Crippen MR) is 108 cm³/mol. The summed E-state index contributed by atoms with van der Waals surface area (Å²) in [4.78, 5) is 19.1. The van der Waals surface area contributed by atoms with Gasteiger partial charge >= 0.3 is 0 Å². The number of anilines is 1. The molecular weight excluding hydrogens is 348 g/mol. The second kappa shape index (κ2) is 6.97. The van der Waals surface area contributed by atoms with Crippen LogP contribution in [0.3, 0.4) is 0 Å². The van der Waals surface area contributed by atoms with E-state index >= 15 is 0 Å². The van der Waals surface area contributed by atoms with Crippen LogP contribution in [-0.4, -0.2) is 10.8 Å². The fraction of sp³-hybridized carbons (Fsp3) is 0.261. The van der Waals surface area contributed by atoms with E-state index in [1.807, 2.05) is 43.0 Å². The molecular formula is C23H22N4O. The zero-order chi connectivity index (χ0) is 19.8. The maximum absolute atomic E-state index is 13.1. The van der Waals surface area contributed by atoms with Crippen molar-refractivity contribution in [2.75, 3.05) is 4.90 Å². The number of allylic oxidation sites excluding steroid dienone is 3. The Morgan fingerprint density at radius 2 is 2.07 bits per heavy atom. The Morgan fingerprint density at radius 3 is 2.79 bits per heavy atom. The Labute approximate surface area is 164 Å². The number of aryl methyl sites for hydroxylation is 2. The highest BCUT2D eigenvalue weighted by molar-refractivity contribution is 6.01. The summed E-state index contributed by atoms with van der Waals surface area (Å²) in [6, 6.07) is 12.2. The van der Waals surface area contributed by atoms with Crippen LogP contribution in [0.25, 0.3) is 0 Å². The number of pyridine rings is 1. The molecule has 1 aromatic carbocycles. The molecule has 0 bridgehead atoms. The minimum absolute atomic E-state index is 0.0984. The maximum Gasteiger partial charge on any atom is 0.161 e. The van der Waals surface area contributed by atoms with Gasteiger partial charge in [0.15, 0.2) is 5.78 Å². The molecule has 2 N–H and O–H groups in total. The molecule has 2 aromatic rings. The standard InChI is InChI=1S/C23H22N4O/c1-14-8-9-15(2)17(11-14)21-18(12-24)23(25)27(16-5-4-10-26-13-16)19-6-3-7-20(28)22(19)21/h4-5,8-11,13,21H,3,6-7,25H2,1-2H3/t21-/m1/s1. The summed E-state index contributed by atoms with van der Waals surface area (Å²) < 4.78 is 0. The largest absolute Gasteiger partial charge is 0.384 e. The van der Waals surface area contributed by atoms with Crippen LogP contribution in [-0.2, 0) is 4.79 Å². The van der Waals surface area contributed by atoms with Gasteiger partial charge in [-0.15, -0.1) is 0 Å². The highest BCUT2D eigenvalue weighted by Gasteiger charge is 2.40. The van der Waals surface area contributed by atoms with E-state index in [0.717, 1.165) is 40.9 Å². The molecule has 140 valence electrons. The first-order valence-corrected chi connectivity index (χ1v) is 9.46. The van der Waals surface area contributed by atoms with Crippen molar-refractivity contribution in [2.24, 2.45) is 5.73 Å². The average Bonchev–Trinajstić information content (AvgIpc) is 2.70. The number of carbonyl (C=O) groups excluding carboxylic acids is 1. The molecule has 4 rings (SSSR count). The van der Waals surface area contributed by atoms with Crippen LogP contribution in [0.1, 0.15) is 41.9 Å². The van der Waals surface area contributed by atoms with Crippen LogP contribution < -0.4 is 10.6 Å². The minimum Gasteiger partial charge on any atom is -0.384 e. The summed E-state index contributed by atoms with van der Waals surface area (Å²) >= 11 is 0. The molecule has 0 unspecified atom stereocenters. The number of rotatable bonds is 2. The molecule has 5 nitrogen and oxygen atoms in total. The van der Waals surface area contributed by atoms with Crippen molar-refractivity contribution in [1.82, 2.24) is 4.98 Å². The van der Waals surface area contributed by atoms with Crippen LogP contribution >= 0.6 is 0 Å². The number of hydrogen-bond donors (Lipinski definition) is 1. The van der Waals surface area contributed by atoms with Gasteiger partial charge in [0.05, 0.1) is 29.4 Å². The molecule has 1 aliphatic heterocycles. The van der Waals surface area contributed by atoms with Crippen molar-refractivity contribution in [3.63, 3.8) is 0 Å². The van der Waals surface area contributed by atoms with Gasteiger partial charge in [-0.05, 0) is 49.9 Å². The van der Waals surface area contributed by atoms with E-state index < -0.39 is 5.92 Å². The number of nitrogens with two attached hydrogens (primary N) is 1. The quantitative estimate of drug-likeness (QED) is 0.864. The topological polar surface area (TPSA) is 83.0 Å². The summed E-state index contributed by atoms with van der Waals surface area (Å²) in [5.41, 5.74) is 12.5. The molecule has 2 heterocycles. The molecule has 1 atom stereocenters.